The lowest BCUT2D eigenvalue weighted by Crippen LogP contribution is -2.06. The van der Waals surface area contributed by atoms with Gasteiger partial charge in [0.2, 0.25) is 5.76 Å². The highest BCUT2D eigenvalue weighted by Gasteiger charge is 2.29. The van der Waals surface area contributed by atoms with Gasteiger partial charge in [-0.3, -0.25) is 0 Å². The summed E-state index contributed by atoms with van der Waals surface area (Å²) in [6.45, 7) is 2.10. The lowest BCUT2D eigenvalue weighted by Gasteiger charge is -2.19. The third kappa shape index (κ3) is 3.66. The Labute approximate surface area is 145 Å². The van der Waals surface area contributed by atoms with E-state index in [1.165, 1.54) is 24.3 Å². The van der Waals surface area contributed by atoms with Gasteiger partial charge in [-0.25, -0.2) is 17.2 Å². The Balaban J connectivity index is 2.07. The number of benzene rings is 1. The number of alkyl halides is 2. The van der Waals surface area contributed by atoms with Crippen molar-refractivity contribution in [3.63, 3.8) is 0 Å². The zero-order valence-corrected chi connectivity index (χ0v) is 14.8. The molecule has 1 aromatic carbocycles. The summed E-state index contributed by atoms with van der Waals surface area (Å²) < 4.78 is 54.9. The van der Waals surface area contributed by atoms with Crippen molar-refractivity contribution in [3.05, 3.63) is 47.9 Å². The van der Waals surface area contributed by atoms with Gasteiger partial charge >= 0.3 is 0 Å². The van der Waals surface area contributed by atoms with Crippen molar-refractivity contribution in [2.75, 3.05) is 6.26 Å². The van der Waals surface area contributed by atoms with E-state index in [4.69, 9.17) is 4.52 Å². The van der Waals surface area contributed by atoms with Gasteiger partial charge in [0.1, 0.15) is 0 Å². The molecule has 1 aromatic heterocycles. The molecule has 0 bridgehead atoms. The molecule has 134 valence electrons. The molecule has 2 atom stereocenters. The van der Waals surface area contributed by atoms with Crippen molar-refractivity contribution in [3.8, 4) is 11.1 Å². The minimum Gasteiger partial charge on any atom is -0.354 e. The molecule has 4 nitrogen and oxygen atoms in total. The Morgan fingerprint density at radius 2 is 1.84 bits per heavy atom. The quantitative estimate of drug-likeness (QED) is 0.732. The van der Waals surface area contributed by atoms with Gasteiger partial charge in [-0.1, -0.05) is 36.4 Å². The molecular weight excluding hydrogens is 348 g/mol. The van der Waals surface area contributed by atoms with E-state index < -0.39 is 22.0 Å². The Kier molecular flexibility index (Phi) is 4.77. The molecule has 25 heavy (non-hydrogen) atoms. The predicted octanol–water partition coefficient (Wildman–Crippen LogP) is 4.75. The number of nitrogens with zero attached hydrogens (tertiary/aromatic N) is 1. The van der Waals surface area contributed by atoms with Crippen LogP contribution in [0.1, 0.15) is 43.6 Å². The predicted molar refractivity (Wildman–Crippen MR) is 90.3 cm³/mol. The lowest BCUT2D eigenvalue weighted by atomic mass is 9.85. The van der Waals surface area contributed by atoms with Crippen molar-refractivity contribution in [2.45, 2.75) is 37.0 Å². The van der Waals surface area contributed by atoms with Crippen LogP contribution in [0.15, 0.2) is 45.8 Å². The number of aromatic nitrogens is 1. The zero-order chi connectivity index (χ0) is 18.2. The van der Waals surface area contributed by atoms with E-state index in [0.717, 1.165) is 19.1 Å². The van der Waals surface area contributed by atoms with Gasteiger partial charge in [-0.2, -0.15) is 0 Å². The minimum absolute atomic E-state index is 0.0861. The highest BCUT2D eigenvalue weighted by molar-refractivity contribution is 7.90. The second-order valence-corrected chi connectivity index (χ2v) is 8.47. The first-order valence-electron chi connectivity index (χ1n) is 8.04. The highest BCUT2D eigenvalue weighted by Crippen LogP contribution is 2.40. The lowest BCUT2D eigenvalue weighted by molar-refractivity contribution is 0.112. The Bertz CT molecular complexity index is 886. The van der Waals surface area contributed by atoms with Crippen LogP contribution in [0.3, 0.4) is 0 Å². The van der Waals surface area contributed by atoms with Crippen molar-refractivity contribution in [2.24, 2.45) is 5.92 Å². The number of halogens is 2. The van der Waals surface area contributed by atoms with Gasteiger partial charge in [0, 0.05) is 12.2 Å². The average Bonchev–Trinajstić information content (AvgIpc) is 3.00. The molecular formula is C18H19F2NO3S. The summed E-state index contributed by atoms with van der Waals surface area (Å²) in [6.07, 6.45) is 4.10. The molecule has 1 aliphatic carbocycles. The largest absolute Gasteiger partial charge is 0.354 e. The maximum Gasteiger partial charge on any atom is 0.298 e. The number of hydrogen-bond donors (Lipinski definition) is 0. The third-order valence-electron chi connectivity index (χ3n) is 4.47. The molecule has 2 aromatic rings. The van der Waals surface area contributed by atoms with Crippen LogP contribution in [0.2, 0.25) is 0 Å². The SMILES string of the molecule is CC1C=CC(c2noc(C(F)F)c2-c2ccc(S(C)(=O)=O)cc2)CC1. The first kappa shape index (κ1) is 17.8. The van der Waals surface area contributed by atoms with Crippen molar-refractivity contribution < 1.29 is 21.7 Å². The Morgan fingerprint density at radius 1 is 1.16 bits per heavy atom. The number of hydrogen-bond acceptors (Lipinski definition) is 4. The number of rotatable bonds is 4. The Hall–Kier alpha value is -2.02. The summed E-state index contributed by atoms with van der Waals surface area (Å²) in [5, 5.41) is 3.91. The summed E-state index contributed by atoms with van der Waals surface area (Å²) >= 11 is 0. The van der Waals surface area contributed by atoms with Crippen LogP contribution in [-0.2, 0) is 9.84 Å². The molecule has 0 aliphatic heterocycles. The highest BCUT2D eigenvalue weighted by atomic mass is 32.2. The molecule has 0 amide bonds. The van der Waals surface area contributed by atoms with E-state index in [9.17, 15) is 17.2 Å². The molecule has 0 N–H and O–H groups in total. The fraction of sp³-hybridized carbons (Fsp3) is 0.389. The molecule has 2 unspecified atom stereocenters. The summed E-state index contributed by atoms with van der Waals surface area (Å²) in [7, 11) is -3.35. The first-order chi connectivity index (χ1) is 11.8. The van der Waals surface area contributed by atoms with E-state index in [-0.39, 0.29) is 16.4 Å². The number of allylic oxidation sites excluding steroid dienone is 2. The molecule has 0 radical (unpaired) electrons. The third-order valence-corrected chi connectivity index (χ3v) is 5.60. The molecule has 1 heterocycles. The molecule has 0 spiro atoms. The van der Waals surface area contributed by atoms with E-state index >= 15 is 0 Å². The van der Waals surface area contributed by atoms with Crippen molar-refractivity contribution >= 4 is 9.84 Å². The second-order valence-electron chi connectivity index (χ2n) is 6.45. The molecule has 7 heteroatoms. The average molecular weight is 367 g/mol. The van der Waals surface area contributed by atoms with Gasteiger partial charge in [0.25, 0.3) is 6.43 Å². The monoisotopic (exact) mass is 367 g/mol. The van der Waals surface area contributed by atoms with Crippen LogP contribution < -0.4 is 0 Å². The van der Waals surface area contributed by atoms with E-state index in [1.54, 1.807) is 0 Å². The molecule has 0 fully saturated rings. The fourth-order valence-electron chi connectivity index (χ4n) is 3.06. The molecule has 3 rings (SSSR count). The van der Waals surface area contributed by atoms with Crippen LogP contribution in [-0.4, -0.2) is 19.8 Å². The molecule has 1 aliphatic rings. The Morgan fingerprint density at radius 3 is 2.36 bits per heavy atom. The van der Waals surface area contributed by atoms with Crippen LogP contribution >= 0.6 is 0 Å². The standard InChI is InChI=1S/C18H19F2NO3S/c1-11-3-5-13(6-4-11)16-15(17(18(19)20)24-21-16)12-7-9-14(10-8-12)25(2,22)23/h3,5,7-11,13,18H,4,6H2,1-2H3. The second kappa shape index (κ2) is 6.71. The normalized spacial score (nSPS) is 21.0. The minimum atomic E-state index is -3.35. The first-order valence-corrected chi connectivity index (χ1v) is 9.93. The van der Waals surface area contributed by atoms with Crippen LogP contribution in [0.4, 0.5) is 8.78 Å². The van der Waals surface area contributed by atoms with Crippen LogP contribution in [0, 0.1) is 5.92 Å². The van der Waals surface area contributed by atoms with Crippen LogP contribution in [0.5, 0.6) is 0 Å². The molecule has 0 saturated heterocycles. The summed E-state index contributed by atoms with van der Waals surface area (Å²) in [6, 6.07) is 5.87. The van der Waals surface area contributed by atoms with Crippen molar-refractivity contribution in [1.82, 2.24) is 5.16 Å². The van der Waals surface area contributed by atoms with Crippen LogP contribution in [0.25, 0.3) is 11.1 Å². The summed E-state index contributed by atoms with van der Waals surface area (Å²) in [5.41, 5.74) is 1.22. The van der Waals surface area contributed by atoms with E-state index in [1.807, 2.05) is 6.08 Å². The van der Waals surface area contributed by atoms with Gasteiger partial charge in [-0.15, -0.1) is 0 Å². The molecule has 0 saturated carbocycles. The smallest absolute Gasteiger partial charge is 0.298 e. The zero-order valence-electron chi connectivity index (χ0n) is 13.9. The van der Waals surface area contributed by atoms with Gasteiger partial charge in [-0.05, 0) is 36.5 Å². The van der Waals surface area contributed by atoms with Gasteiger partial charge < -0.3 is 4.52 Å². The fourth-order valence-corrected chi connectivity index (χ4v) is 3.69. The summed E-state index contributed by atoms with van der Waals surface area (Å²) in [4.78, 5) is 0.138. The topological polar surface area (TPSA) is 60.2 Å². The number of sulfone groups is 1. The van der Waals surface area contributed by atoms with Crippen molar-refractivity contribution in [1.29, 1.82) is 0 Å². The van der Waals surface area contributed by atoms with E-state index in [0.29, 0.717) is 17.2 Å². The van der Waals surface area contributed by atoms with E-state index in [2.05, 4.69) is 18.2 Å². The maximum absolute atomic E-state index is 13.4. The maximum atomic E-state index is 13.4. The van der Waals surface area contributed by atoms with Gasteiger partial charge in [0.05, 0.1) is 16.2 Å². The van der Waals surface area contributed by atoms with Gasteiger partial charge in [0.15, 0.2) is 9.84 Å². The summed E-state index contributed by atoms with van der Waals surface area (Å²) in [5.74, 6) is -0.110.